The van der Waals surface area contributed by atoms with Crippen LogP contribution in [0.5, 0.6) is 0 Å². The van der Waals surface area contributed by atoms with Crippen LogP contribution in [0.15, 0.2) is 30.3 Å². The van der Waals surface area contributed by atoms with Crippen molar-refractivity contribution in [2.24, 2.45) is 11.7 Å². The molecule has 1 aliphatic rings. The molecule has 1 fully saturated rings. The number of nitrogens with two attached hydrogens (primary N) is 1. The molecule has 0 heterocycles. The highest BCUT2D eigenvalue weighted by Crippen LogP contribution is 2.55. The van der Waals surface area contributed by atoms with Crippen LogP contribution in [0.25, 0.3) is 0 Å². The topological polar surface area (TPSA) is 35.2 Å². The SMILES string of the molecule is CO[C@@H]1[C@H](CN)[C@@]1(C)c1ccccc1. The molecule has 0 unspecified atom stereocenters. The Kier molecular flexibility index (Phi) is 2.33. The van der Waals surface area contributed by atoms with Crippen molar-refractivity contribution in [1.82, 2.24) is 0 Å². The van der Waals surface area contributed by atoms with Gasteiger partial charge in [-0.2, -0.15) is 0 Å². The van der Waals surface area contributed by atoms with Crippen LogP contribution in [0.1, 0.15) is 12.5 Å². The van der Waals surface area contributed by atoms with Crippen LogP contribution in [-0.2, 0) is 10.2 Å². The Morgan fingerprint density at radius 1 is 1.36 bits per heavy atom. The third-order valence-electron chi connectivity index (χ3n) is 3.52. The van der Waals surface area contributed by atoms with Crippen LogP contribution in [0.4, 0.5) is 0 Å². The molecule has 0 radical (unpaired) electrons. The molecule has 0 spiro atoms. The largest absolute Gasteiger partial charge is 0.380 e. The normalized spacial score (nSPS) is 35.6. The minimum Gasteiger partial charge on any atom is -0.380 e. The van der Waals surface area contributed by atoms with Crippen molar-refractivity contribution in [3.05, 3.63) is 35.9 Å². The molecule has 2 rings (SSSR count). The summed E-state index contributed by atoms with van der Waals surface area (Å²) in [5.41, 5.74) is 7.20. The van der Waals surface area contributed by atoms with Gasteiger partial charge in [0.2, 0.25) is 0 Å². The number of methoxy groups -OCH3 is 1. The summed E-state index contributed by atoms with van der Waals surface area (Å²) in [5, 5.41) is 0. The van der Waals surface area contributed by atoms with E-state index in [1.54, 1.807) is 7.11 Å². The third kappa shape index (κ3) is 1.18. The zero-order chi connectivity index (χ0) is 10.2. The van der Waals surface area contributed by atoms with Gasteiger partial charge in [0.05, 0.1) is 6.10 Å². The van der Waals surface area contributed by atoms with E-state index in [1.165, 1.54) is 5.56 Å². The minimum absolute atomic E-state index is 0.130. The minimum atomic E-state index is 0.130. The van der Waals surface area contributed by atoms with E-state index < -0.39 is 0 Å². The fraction of sp³-hybridized carbons (Fsp3) is 0.500. The van der Waals surface area contributed by atoms with E-state index in [0.29, 0.717) is 12.5 Å². The van der Waals surface area contributed by atoms with Gasteiger partial charge in [-0.15, -0.1) is 0 Å². The number of benzene rings is 1. The van der Waals surface area contributed by atoms with Gasteiger partial charge in [-0.25, -0.2) is 0 Å². The Balaban J connectivity index is 2.27. The fourth-order valence-electron chi connectivity index (χ4n) is 2.51. The molecule has 0 bridgehead atoms. The molecule has 1 saturated carbocycles. The summed E-state index contributed by atoms with van der Waals surface area (Å²) in [6.45, 7) is 2.93. The predicted octanol–water partition coefficient (Wildman–Crippen LogP) is 1.55. The van der Waals surface area contributed by atoms with E-state index >= 15 is 0 Å². The monoisotopic (exact) mass is 191 g/mol. The smallest absolute Gasteiger partial charge is 0.0718 e. The lowest BCUT2D eigenvalue weighted by atomic mass is 9.95. The molecule has 1 aromatic rings. The first kappa shape index (κ1) is 9.69. The summed E-state index contributed by atoms with van der Waals surface area (Å²) in [7, 11) is 1.77. The summed E-state index contributed by atoms with van der Waals surface area (Å²) in [6, 6.07) is 10.5. The summed E-state index contributed by atoms with van der Waals surface area (Å²) in [6.07, 6.45) is 0.287. The lowest BCUT2D eigenvalue weighted by Gasteiger charge is -2.11. The maximum Gasteiger partial charge on any atom is 0.0718 e. The molecular weight excluding hydrogens is 174 g/mol. The van der Waals surface area contributed by atoms with Crippen molar-refractivity contribution in [2.45, 2.75) is 18.4 Å². The second kappa shape index (κ2) is 3.37. The molecule has 2 heteroatoms. The average Bonchev–Trinajstić information content (AvgIpc) is 2.85. The first-order valence-electron chi connectivity index (χ1n) is 5.03. The molecular formula is C12H17NO. The molecule has 0 aliphatic heterocycles. The molecule has 2 nitrogen and oxygen atoms in total. The van der Waals surface area contributed by atoms with Crippen molar-refractivity contribution >= 4 is 0 Å². The molecule has 2 N–H and O–H groups in total. The Bertz CT molecular complexity index is 299. The maximum atomic E-state index is 5.73. The Morgan fingerprint density at radius 3 is 2.43 bits per heavy atom. The lowest BCUT2D eigenvalue weighted by Crippen LogP contribution is -2.11. The molecule has 0 amide bonds. The fourth-order valence-corrected chi connectivity index (χ4v) is 2.51. The van der Waals surface area contributed by atoms with Gasteiger partial charge in [0.1, 0.15) is 0 Å². The second-order valence-corrected chi connectivity index (χ2v) is 4.15. The van der Waals surface area contributed by atoms with Crippen LogP contribution in [0, 0.1) is 5.92 Å². The second-order valence-electron chi connectivity index (χ2n) is 4.15. The molecule has 14 heavy (non-hydrogen) atoms. The van der Waals surface area contributed by atoms with Gasteiger partial charge in [0.15, 0.2) is 0 Å². The van der Waals surface area contributed by atoms with Crippen LogP contribution >= 0.6 is 0 Å². The first-order valence-corrected chi connectivity index (χ1v) is 5.03. The number of hydrogen-bond acceptors (Lipinski definition) is 2. The van der Waals surface area contributed by atoms with Crippen LogP contribution < -0.4 is 5.73 Å². The highest BCUT2D eigenvalue weighted by molar-refractivity contribution is 5.37. The van der Waals surface area contributed by atoms with Gasteiger partial charge in [0, 0.05) is 18.4 Å². The van der Waals surface area contributed by atoms with Gasteiger partial charge in [-0.05, 0) is 12.1 Å². The summed E-state index contributed by atoms with van der Waals surface area (Å²) < 4.78 is 5.45. The molecule has 1 aliphatic carbocycles. The van der Waals surface area contributed by atoms with E-state index in [2.05, 4.69) is 31.2 Å². The highest BCUT2D eigenvalue weighted by atomic mass is 16.5. The van der Waals surface area contributed by atoms with Crippen LogP contribution in [-0.4, -0.2) is 19.8 Å². The maximum absolute atomic E-state index is 5.73. The van der Waals surface area contributed by atoms with Gasteiger partial charge in [0.25, 0.3) is 0 Å². The van der Waals surface area contributed by atoms with Crippen molar-refractivity contribution in [3.63, 3.8) is 0 Å². The molecule has 0 aromatic heterocycles. The average molecular weight is 191 g/mol. The number of rotatable bonds is 3. The van der Waals surface area contributed by atoms with Crippen molar-refractivity contribution in [2.75, 3.05) is 13.7 Å². The Labute approximate surface area is 85.1 Å². The highest BCUT2D eigenvalue weighted by Gasteiger charge is 2.61. The summed E-state index contributed by atoms with van der Waals surface area (Å²) >= 11 is 0. The zero-order valence-electron chi connectivity index (χ0n) is 8.73. The van der Waals surface area contributed by atoms with E-state index in [-0.39, 0.29) is 11.5 Å². The van der Waals surface area contributed by atoms with E-state index in [4.69, 9.17) is 10.5 Å². The quantitative estimate of drug-likeness (QED) is 0.786. The molecule has 1 aromatic carbocycles. The number of ether oxygens (including phenoxy) is 1. The zero-order valence-corrected chi connectivity index (χ0v) is 8.73. The number of hydrogen-bond donors (Lipinski definition) is 1. The third-order valence-corrected chi connectivity index (χ3v) is 3.52. The van der Waals surface area contributed by atoms with Crippen molar-refractivity contribution in [1.29, 1.82) is 0 Å². The lowest BCUT2D eigenvalue weighted by molar-refractivity contribution is 0.157. The van der Waals surface area contributed by atoms with Gasteiger partial charge >= 0.3 is 0 Å². The standard InChI is InChI=1S/C12H17NO/c1-12(9-6-4-3-5-7-9)10(8-13)11(12)14-2/h3-7,10-11H,8,13H2,1-2H3/t10-,11+,12+/m0/s1. The first-order chi connectivity index (χ1) is 6.75. The van der Waals surface area contributed by atoms with E-state index in [1.807, 2.05) is 6.07 Å². The van der Waals surface area contributed by atoms with Crippen LogP contribution in [0.2, 0.25) is 0 Å². The van der Waals surface area contributed by atoms with Gasteiger partial charge < -0.3 is 10.5 Å². The van der Waals surface area contributed by atoms with Gasteiger partial charge in [-0.3, -0.25) is 0 Å². The predicted molar refractivity (Wildman–Crippen MR) is 57.1 cm³/mol. The molecule has 3 atom stereocenters. The van der Waals surface area contributed by atoms with Crippen molar-refractivity contribution in [3.8, 4) is 0 Å². The van der Waals surface area contributed by atoms with E-state index in [0.717, 1.165) is 0 Å². The Hall–Kier alpha value is -0.860. The van der Waals surface area contributed by atoms with E-state index in [9.17, 15) is 0 Å². The summed E-state index contributed by atoms with van der Waals surface area (Å²) in [4.78, 5) is 0. The molecule has 76 valence electrons. The summed E-state index contributed by atoms with van der Waals surface area (Å²) in [5.74, 6) is 0.467. The van der Waals surface area contributed by atoms with Crippen LogP contribution in [0.3, 0.4) is 0 Å². The van der Waals surface area contributed by atoms with Gasteiger partial charge in [-0.1, -0.05) is 37.3 Å². The molecule has 0 saturated heterocycles. The van der Waals surface area contributed by atoms with Crippen molar-refractivity contribution < 1.29 is 4.74 Å². The Morgan fingerprint density at radius 2 is 2.00 bits per heavy atom.